The number of nitrogens with one attached hydrogen (secondary N) is 1. The molecule has 134 valence electrons. The van der Waals surface area contributed by atoms with E-state index in [4.69, 9.17) is 28.8 Å². The van der Waals surface area contributed by atoms with E-state index in [1.807, 2.05) is 6.07 Å². The van der Waals surface area contributed by atoms with Crippen molar-refractivity contribution in [2.45, 2.75) is 7.43 Å². The molecule has 0 aromatic heterocycles. The summed E-state index contributed by atoms with van der Waals surface area (Å²) in [6, 6.07) is 3.59. The summed E-state index contributed by atoms with van der Waals surface area (Å²) in [4.78, 5) is 12.3. The van der Waals surface area contributed by atoms with E-state index >= 15 is 0 Å². The molecular weight excluding hydrogens is 489 g/mol. The number of carbonyl (C=O) groups excluding carboxylic acids is 1. The smallest absolute Gasteiger partial charge is 1.00 e. The second-order valence-corrected chi connectivity index (χ2v) is 2.31. The van der Waals surface area contributed by atoms with Crippen molar-refractivity contribution in [2.24, 2.45) is 0 Å². The first-order valence-corrected chi connectivity index (χ1v) is 4.92. The van der Waals surface area contributed by atoms with Gasteiger partial charge < -0.3 is 16.9 Å². The Hall–Kier alpha value is 2.95. The van der Waals surface area contributed by atoms with Crippen LogP contribution >= 0.6 is 53.2 Å². The third-order valence-electron chi connectivity index (χ3n) is 0.407. The number of nitriles is 2. The number of nitrogens with zero attached hydrogens (tertiary/aromatic N) is 3. The molecule has 0 bridgehead atoms. The molecular formula is C10H26BrCl3K2N4O3. The van der Waals surface area contributed by atoms with Gasteiger partial charge in [0.1, 0.15) is 0 Å². The standard InChI is InChI=1S/C4H8N2.C2H2BrN.C2H7N.CH2O3.CH4.3ClH.2K.H/c1-6(2)4-3-5;3-1-2-4;1-3-2;2-1-4-3;;;;;;;/h4H2,1-2H3;1H2;3H,1-2H3;1,3H;1H4;3*1H;;;/q;;;;;;;;2*+1;-1/p-1/i1D3;;1D3;;;;;;;;. The van der Waals surface area contributed by atoms with E-state index in [0.29, 0.717) is 5.33 Å². The van der Waals surface area contributed by atoms with E-state index in [1.54, 1.807) is 6.07 Å². The molecule has 0 aromatic rings. The Kier molecular flexibility index (Phi) is 124. The van der Waals surface area contributed by atoms with E-state index in [2.05, 4.69) is 26.1 Å². The molecule has 0 atom stereocenters. The Labute approximate surface area is 262 Å². The Balaban J connectivity index is -0.0000000173. The van der Waals surface area contributed by atoms with Crippen molar-refractivity contribution >= 4 is 59.6 Å². The largest absolute Gasteiger partial charge is 1.00 e. The molecule has 0 heterocycles. The maximum Gasteiger partial charge on any atom is 1.00 e. The molecule has 13 heteroatoms. The molecule has 0 radical (unpaired) electrons. The van der Waals surface area contributed by atoms with Crippen LogP contribution in [0.2, 0.25) is 0 Å². The molecule has 0 aromatic carbocycles. The molecule has 7 nitrogen and oxygen atoms in total. The number of hydrogen-bond acceptors (Lipinski definition) is 7. The quantitative estimate of drug-likeness (QED) is 0.0972. The Bertz CT molecular complexity index is 381. The fourth-order valence-electron chi connectivity index (χ4n) is 0.106. The van der Waals surface area contributed by atoms with Gasteiger partial charge in [0.05, 0.1) is 24.0 Å². The summed E-state index contributed by atoms with van der Waals surface area (Å²) in [7, 11) is 2.78. The van der Waals surface area contributed by atoms with Gasteiger partial charge in [-0.15, -0.1) is 37.2 Å². The van der Waals surface area contributed by atoms with Gasteiger partial charge >= 0.3 is 103 Å². The van der Waals surface area contributed by atoms with Crippen LogP contribution in [0.5, 0.6) is 0 Å². The van der Waals surface area contributed by atoms with Crippen LogP contribution in [0.3, 0.4) is 0 Å². The molecule has 0 saturated carbocycles. The van der Waals surface area contributed by atoms with Gasteiger partial charge in [0.25, 0.3) is 6.47 Å². The first-order valence-electron chi connectivity index (χ1n) is 6.80. The van der Waals surface area contributed by atoms with Crippen LogP contribution in [0.1, 0.15) is 17.1 Å². The summed E-state index contributed by atoms with van der Waals surface area (Å²) in [6.45, 7) is -4.33. The Morgan fingerprint density at radius 3 is 1.74 bits per heavy atom. The van der Waals surface area contributed by atoms with Gasteiger partial charge in [-0.1, -0.05) is 23.4 Å². The van der Waals surface area contributed by atoms with Crippen LogP contribution in [0.4, 0.5) is 0 Å². The van der Waals surface area contributed by atoms with Crippen molar-refractivity contribution in [3.8, 4) is 12.1 Å². The summed E-state index contributed by atoms with van der Waals surface area (Å²) in [5, 5.41) is 26.6. The molecule has 0 rings (SSSR count). The van der Waals surface area contributed by atoms with Crippen LogP contribution in [-0.2, 0) is 9.68 Å². The SMILES string of the molecule is C.Cl.Cl.Cl.N#CCBr.O=CO[O-].[2H]C([2H])([2H])N(C)CC#N.[2H]C([2H])([2H])NC.[H-].[K+].[K+]. The summed E-state index contributed by atoms with van der Waals surface area (Å²) in [5.41, 5.74) is 0. The van der Waals surface area contributed by atoms with Gasteiger partial charge in [-0.25, -0.2) is 0 Å². The molecule has 23 heavy (non-hydrogen) atoms. The van der Waals surface area contributed by atoms with Crippen molar-refractivity contribution in [1.82, 2.24) is 10.2 Å². The predicted octanol–water partition coefficient (Wildman–Crippen LogP) is -4.73. The minimum Gasteiger partial charge on any atom is -1.00 e. The topological polar surface area (TPSA) is 112 Å². The van der Waals surface area contributed by atoms with E-state index in [0.717, 1.165) is 4.90 Å². The average molecular weight is 521 g/mol. The molecule has 0 unspecified atom stereocenters. The average Bonchev–Trinajstić information content (AvgIpc) is 2.47. The number of rotatable bonds is 2. The van der Waals surface area contributed by atoms with Crippen molar-refractivity contribution in [1.29, 1.82) is 10.5 Å². The number of alkyl halides is 1. The zero-order chi connectivity index (χ0) is 19.5. The summed E-state index contributed by atoms with van der Waals surface area (Å²) in [5.74, 6) is 0. The van der Waals surface area contributed by atoms with Crippen molar-refractivity contribution < 1.29 is 127 Å². The van der Waals surface area contributed by atoms with Crippen LogP contribution < -0.4 is 113 Å². The maximum absolute atomic E-state index is 8.64. The predicted molar refractivity (Wildman–Crippen MR) is 95.3 cm³/mol. The minimum atomic E-state index is -2.13. The first kappa shape index (κ1) is 33.5. The molecule has 1 N–H and O–H groups in total. The second kappa shape index (κ2) is 85.3. The van der Waals surface area contributed by atoms with Crippen molar-refractivity contribution in [3.63, 3.8) is 0 Å². The van der Waals surface area contributed by atoms with Gasteiger partial charge in [0, 0.05) is 8.22 Å². The van der Waals surface area contributed by atoms with E-state index in [1.165, 1.54) is 14.1 Å². The van der Waals surface area contributed by atoms with Gasteiger partial charge in [0.2, 0.25) is 0 Å². The summed E-state index contributed by atoms with van der Waals surface area (Å²) >= 11 is 2.89. The van der Waals surface area contributed by atoms with Gasteiger partial charge in [-0.05, 0) is 28.0 Å². The van der Waals surface area contributed by atoms with Crippen LogP contribution in [-0.4, -0.2) is 51.3 Å². The van der Waals surface area contributed by atoms with Crippen molar-refractivity contribution in [3.05, 3.63) is 0 Å². The fourth-order valence-corrected chi connectivity index (χ4v) is 0.106. The zero-order valence-electron chi connectivity index (χ0n) is 19.7. The van der Waals surface area contributed by atoms with Crippen LogP contribution in [0, 0.1) is 22.7 Å². The molecule has 0 amide bonds. The van der Waals surface area contributed by atoms with E-state index in [-0.39, 0.29) is 162 Å². The summed E-state index contributed by atoms with van der Waals surface area (Å²) < 4.78 is 39.5. The minimum absolute atomic E-state index is 0. The van der Waals surface area contributed by atoms with E-state index < -0.39 is 14.0 Å². The summed E-state index contributed by atoms with van der Waals surface area (Å²) in [6.07, 6.45) is 0. The number of halogens is 4. The zero-order valence-corrected chi connectivity index (χ0v) is 22.9. The Morgan fingerprint density at radius 1 is 1.39 bits per heavy atom. The third kappa shape index (κ3) is 208. The van der Waals surface area contributed by atoms with Crippen molar-refractivity contribution in [2.75, 3.05) is 39.9 Å². The monoisotopic (exact) mass is 518 g/mol. The van der Waals surface area contributed by atoms with Gasteiger partial charge in [-0.2, -0.15) is 10.5 Å². The third-order valence-corrected chi connectivity index (χ3v) is 0.658. The van der Waals surface area contributed by atoms with Crippen LogP contribution in [0.15, 0.2) is 0 Å². The fraction of sp³-hybridized carbons (Fsp3) is 0.700. The molecule has 0 fully saturated rings. The normalized spacial score (nSPS) is 9.70. The molecule has 0 aliphatic rings. The molecule has 0 spiro atoms. The molecule has 0 aliphatic heterocycles. The van der Waals surface area contributed by atoms with Crippen LogP contribution in [0.25, 0.3) is 0 Å². The van der Waals surface area contributed by atoms with Gasteiger partial charge in [-0.3, -0.25) is 9.69 Å². The van der Waals surface area contributed by atoms with E-state index in [9.17, 15) is 0 Å². The second-order valence-electron chi connectivity index (χ2n) is 1.75. The first-order chi connectivity index (χ1) is 10.4. The molecule has 0 aliphatic carbocycles. The Morgan fingerprint density at radius 2 is 1.70 bits per heavy atom. The van der Waals surface area contributed by atoms with Gasteiger partial charge in [0.15, 0.2) is 0 Å². The number of hydrogen-bond donors (Lipinski definition) is 1. The maximum atomic E-state index is 8.64. The molecule has 0 saturated heterocycles. The number of carbonyl (C=O) groups is 1.